The first-order valence-electron chi connectivity index (χ1n) is 13.0. The van der Waals surface area contributed by atoms with Gasteiger partial charge in [-0.05, 0) is 66.6 Å². The van der Waals surface area contributed by atoms with Crippen LogP contribution in [0.1, 0.15) is 44.2 Å². The highest BCUT2D eigenvalue weighted by Gasteiger charge is 2.36. The molecule has 3 unspecified atom stereocenters. The molecular weight excluding hydrogens is 497 g/mol. The molecule has 7 heteroatoms. The minimum Gasteiger partial charge on any atom is -0.489 e. The van der Waals surface area contributed by atoms with Crippen molar-refractivity contribution in [2.24, 2.45) is 0 Å². The van der Waals surface area contributed by atoms with Crippen LogP contribution in [0.2, 0.25) is 5.54 Å². The van der Waals surface area contributed by atoms with E-state index in [1.807, 2.05) is 51.1 Å². The summed E-state index contributed by atoms with van der Waals surface area (Å²) in [7, 11) is 3.58. The summed E-state index contributed by atoms with van der Waals surface area (Å²) < 4.78 is 31.9. The third-order valence-corrected chi connectivity index (χ3v) is 7.91. The third-order valence-electron chi connectivity index (χ3n) is 7.21. The van der Waals surface area contributed by atoms with E-state index < -0.39 is 5.60 Å². The molecule has 0 aliphatic carbocycles. The number of piperidine rings is 1. The molecule has 4 rings (SSSR count). The van der Waals surface area contributed by atoms with Gasteiger partial charge >= 0.3 is 6.09 Å². The summed E-state index contributed by atoms with van der Waals surface area (Å²) in [5, 5.41) is 2.08. The smallest absolute Gasteiger partial charge is 0.410 e. The summed E-state index contributed by atoms with van der Waals surface area (Å²) in [5.74, 6) is 0.511. The lowest BCUT2D eigenvalue weighted by molar-refractivity contribution is -0.0393. The molecule has 1 amide bonds. The lowest BCUT2D eigenvalue weighted by Gasteiger charge is -2.40. The van der Waals surface area contributed by atoms with Gasteiger partial charge < -0.3 is 19.1 Å². The van der Waals surface area contributed by atoms with Crippen LogP contribution in [0.3, 0.4) is 0 Å². The van der Waals surface area contributed by atoms with Crippen molar-refractivity contribution in [3.05, 3.63) is 90.3 Å². The fraction of sp³-hybridized carbons (Fsp3) is 0.387. The van der Waals surface area contributed by atoms with E-state index >= 15 is 0 Å². The van der Waals surface area contributed by atoms with Gasteiger partial charge in [0.2, 0.25) is 0 Å². The van der Waals surface area contributed by atoms with Gasteiger partial charge in [0.1, 0.15) is 23.8 Å². The van der Waals surface area contributed by atoms with E-state index in [0.717, 1.165) is 27.6 Å². The Bertz CT molecular complexity index is 1260. The Morgan fingerprint density at radius 3 is 2.66 bits per heavy atom. The molecule has 3 atom stereocenters. The Hall–Kier alpha value is -3.16. The Morgan fingerprint density at radius 1 is 1.21 bits per heavy atom. The van der Waals surface area contributed by atoms with Crippen LogP contribution in [-0.2, 0) is 16.1 Å². The number of hydrogen-bond acceptors (Lipinski definition) is 4. The lowest BCUT2D eigenvalue weighted by atomic mass is 9.87. The van der Waals surface area contributed by atoms with Crippen molar-refractivity contribution in [2.45, 2.75) is 57.0 Å². The van der Waals surface area contributed by atoms with Crippen LogP contribution in [-0.4, -0.2) is 52.6 Å². The van der Waals surface area contributed by atoms with Crippen molar-refractivity contribution in [3.63, 3.8) is 0 Å². The van der Waals surface area contributed by atoms with Gasteiger partial charge in [-0.3, -0.25) is 0 Å². The second-order valence-corrected chi connectivity index (χ2v) is 11.2. The van der Waals surface area contributed by atoms with Gasteiger partial charge in [0.15, 0.2) is 0 Å². The van der Waals surface area contributed by atoms with Crippen LogP contribution in [0.5, 0.6) is 5.75 Å². The first-order valence-corrected chi connectivity index (χ1v) is 13.6. The molecule has 0 spiro atoms. The topological polar surface area (TPSA) is 48.0 Å². The fourth-order valence-electron chi connectivity index (χ4n) is 4.61. The molecule has 1 aliphatic rings. The predicted octanol–water partition coefficient (Wildman–Crippen LogP) is 6.81. The van der Waals surface area contributed by atoms with Gasteiger partial charge in [-0.2, -0.15) is 0 Å². The van der Waals surface area contributed by atoms with Gasteiger partial charge in [-0.1, -0.05) is 56.0 Å². The van der Waals surface area contributed by atoms with E-state index in [0.29, 0.717) is 32.7 Å². The van der Waals surface area contributed by atoms with Gasteiger partial charge in [0.05, 0.1) is 19.3 Å². The Kier molecular flexibility index (Phi) is 8.90. The van der Waals surface area contributed by atoms with Crippen LogP contribution < -0.4 is 4.74 Å². The number of nitrogens with zero attached hydrogens (tertiary/aromatic N) is 1. The summed E-state index contributed by atoms with van der Waals surface area (Å²) in [5.41, 5.74) is 1.28. The SMILES string of the molecule is C=CCOc1cc(COC2CN(C(=O)OC(C)(C)C(C)[Si])CCC2c2ccc(F)cc2)cc2ccccc12. The molecule has 0 saturated carbocycles. The zero-order chi connectivity index (χ0) is 27.3. The van der Waals surface area contributed by atoms with Crippen LogP contribution in [0, 0.1) is 5.82 Å². The molecule has 1 saturated heterocycles. The van der Waals surface area contributed by atoms with E-state index in [1.165, 1.54) is 12.1 Å². The number of carbonyl (C=O) groups is 1. The molecule has 3 aromatic rings. The molecule has 3 aromatic carbocycles. The molecule has 38 heavy (non-hydrogen) atoms. The van der Waals surface area contributed by atoms with Crippen molar-refractivity contribution >= 4 is 27.1 Å². The standard InChI is InChI=1S/C31H35FNO4Si/c1-5-16-35-28-18-22(17-24-8-6-7-9-26(24)28)20-36-29-19-33(30(34)37-31(3,4)21(2)38)15-14-27(29)23-10-12-25(32)13-11-23/h5-13,17-18,21,27,29H,1,14-16,19-20H2,2-4H3. The monoisotopic (exact) mass is 532 g/mol. The quantitative estimate of drug-likeness (QED) is 0.224. The molecule has 0 aromatic heterocycles. The number of amides is 1. The summed E-state index contributed by atoms with van der Waals surface area (Å²) in [6, 6.07) is 18.7. The first kappa shape index (κ1) is 27.9. The maximum atomic E-state index is 13.6. The van der Waals surface area contributed by atoms with Crippen LogP contribution in [0.25, 0.3) is 10.8 Å². The average Bonchev–Trinajstić information content (AvgIpc) is 2.90. The molecule has 1 fully saturated rings. The summed E-state index contributed by atoms with van der Waals surface area (Å²) in [6.07, 6.45) is 1.74. The third kappa shape index (κ3) is 6.63. The van der Waals surface area contributed by atoms with Gasteiger partial charge in [-0.25, -0.2) is 9.18 Å². The number of fused-ring (bicyclic) bond motifs is 1. The molecule has 1 aliphatic heterocycles. The van der Waals surface area contributed by atoms with Crippen molar-refractivity contribution in [3.8, 4) is 5.75 Å². The zero-order valence-corrected chi connectivity index (χ0v) is 23.3. The first-order chi connectivity index (χ1) is 18.2. The Labute approximate surface area is 228 Å². The Morgan fingerprint density at radius 2 is 1.95 bits per heavy atom. The number of hydrogen-bond donors (Lipinski definition) is 0. The van der Waals surface area contributed by atoms with Gasteiger partial charge in [0.25, 0.3) is 0 Å². The highest BCUT2D eigenvalue weighted by atomic mass is 28.1. The van der Waals surface area contributed by atoms with Crippen molar-refractivity contribution < 1.29 is 23.4 Å². The minimum absolute atomic E-state index is 0.0133. The second-order valence-electron chi connectivity index (χ2n) is 10.4. The molecule has 0 N–H and O–H groups in total. The number of benzene rings is 3. The average molecular weight is 533 g/mol. The van der Waals surface area contributed by atoms with E-state index in [2.05, 4.69) is 22.9 Å². The zero-order valence-electron chi connectivity index (χ0n) is 22.3. The molecule has 0 bridgehead atoms. The van der Waals surface area contributed by atoms with Crippen LogP contribution in [0.15, 0.2) is 73.3 Å². The predicted molar refractivity (Wildman–Crippen MR) is 149 cm³/mol. The fourth-order valence-corrected chi connectivity index (χ4v) is 4.67. The molecular formula is C31H35FNO4Si. The number of likely N-dealkylation sites (tertiary alicyclic amines) is 1. The van der Waals surface area contributed by atoms with E-state index in [9.17, 15) is 9.18 Å². The second kappa shape index (κ2) is 12.1. The number of halogens is 1. The molecule has 5 nitrogen and oxygen atoms in total. The number of ether oxygens (including phenoxy) is 3. The van der Waals surface area contributed by atoms with Crippen molar-refractivity contribution in [1.82, 2.24) is 4.90 Å². The van der Waals surface area contributed by atoms with Crippen LogP contribution in [0.4, 0.5) is 9.18 Å². The minimum atomic E-state index is -0.662. The van der Waals surface area contributed by atoms with Crippen molar-refractivity contribution in [2.75, 3.05) is 19.7 Å². The number of rotatable bonds is 9. The molecule has 1 heterocycles. The van der Waals surface area contributed by atoms with E-state index in [4.69, 9.17) is 14.2 Å². The normalized spacial score (nSPS) is 18.7. The largest absolute Gasteiger partial charge is 0.489 e. The van der Waals surface area contributed by atoms with E-state index in [-0.39, 0.29) is 29.5 Å². The van der Waals surface area contributed by atoms with E-state index in [1.54, 1.807) is 23.1 Å². The molecule has 199 valence electrons. The summed E-state index contributed by atoms with van der Waals surface area (Å²) in [6.45, 7) is 11.1. The van der Waals surface area contributed by atoms with Crippen LogP contribution >= 0.6 is 0 Å². The van der Waals surface area contributed by atoms with Gasteiger partial charge in [0, 0.05) is 28.1 Å². The van der Waals surface area contributed by atoms with Gasteiger partial charge in [-0.15, -0.1) is 0 Å². The summed E-state index contributed by atoms with van der Waals surface area (Å²) in [4.78, 5) is 14.8. The highest BCUT2D eigenvalue weighted by Crippen LogP contribution is 2.34. The Balaban J connectivity index is 1.56. The number of carbonyl (C=O) groups excluding carboxylic acids is 1. The maximum Gasteiger partial charge on any atom is 0.410 e. The van der Waals surface area contributed by atoms with Crippen molar-refractivity contribution in [1.29, 1.82) is 0 Å². The maximum absolute atomic E-state index is 13.6. The summed E-state index contributed by atoms with van der Waals surface area (Å²) >= 11 is 0. The molecule has 3 radical (unpaired) electrons. The lowest BCUT2D eigenvalue weighted by Crippen LogP contribution is -2.49. The highest BCUT2D eigenvalue weighted by molar-refractivity contribution is 6.12.